The summed E-state index contributed by atoms with van der Waals surface area (Å²) < 4.78 is 5.67. The highest BCUT2D eigenvalue weighted by Crippen LogP contribution is 2.32. The minimum absolute atomic E-state index is 0.0399. The smallest absolute Gasteiger partial charge is 0.253 e. The van der Waals surface area contributed by atoms with Crippen LogP contribution in [0.2, 0.25) is 0 Å². The van der Waals surface area contributed by atoms with E-state index in [9.17, 15) is 9.59 Å². The zero-order valence-electron chi connectivity index (χ0n) is 14.2. The van der Waals surface area contributed by atoms with Crippen molar-refractivity contribution < 1.29 is 14.3 Å². The SMILES string of the molecule is Cc1ccc(OCCN(C)C(=O)c2ccc3c(c2)NC(=O)CS3)cc1. The molecule has 0 aliphatic carbocycles. The van der Waals surface area contributed by atoms with Crippen LogP contribution >= 0.6 is 11.8 Å². The second kappa shape index (κ2) is 7.61. The van der Waals surface area contributed by atoms with Gasteiger partial charge in [0.2, 0.25) is 5.91 Å². The number of carbonyl (C=O) groups is 2. The molecule has 0 unspecified atom stereocenters. The number of nitrogens with zero attached hydrogens (tertiary/aromatic N) is 1. The van der Waals surface area contributed by atoms with Gasteiger partial charge in [-0.2, -0.15) is 0 Å². The lowest BCUT2D eigenvalue weighted by atomic mass is 10.1. The van der Waals surface area contributed by atoms with E-state index in [0.717, 1.165) is 10.6 Å². The first-order valence-electron chi connectivity index (χ1n) is 8.04. The van der Waals surface area contributed by atoms with Gasteiger partial charge in [0, 0.05) is 17.5 Å². The molecule has 130 valence electrons. The second-order valence-electron chi connectivity index (χ2n) is 5.94. The summed E-state index contributed by atoms with van der Waals surface area (Å²) in [4.78, 5) is 26.7. The van der Waals surface area contributed by atoms with Gasteiger partial charge in [-0.25, -0.2) is 0 Å². The Morgan fingerprint density at radius 3 is 2.76 bits per heavy atom. The Morgan fingerprint density at radius 2 is 2.00 bits per heavy atom. The highest BCUT2D eigenvalue weighted by Gasteiger charge is 2.18. The van der Waals surface area contributed by atoms with Gasteiger partial charge in [-0.05, 0) is 37.3 Å². The van der Waals surface area contributed by atoms with Gasteiger partial charge in [0.1, 0.15) is 12.4 Å². The quantitative estimate of drug-likeness (QED) is 0.894. The molecule has 0 aromatic heterocycles. The summed E-state index contributed by atoms with van der Waals surface area (Å²) in [5, 5.41) is 2.81. The molecule has 0 bridgehead atoms. The minimum atomic E-state index is -0.0971. The predicted molar refractivity (Wildman–Crippen MR) is 99.4 cm³/mol. The first kappa shape index (κ1) is 17.4. The highest BCUT2D eigenvalue weighted by molar-refractivity contribution is 8.00. The molecule has 0 radical (unpaired) electrons. The maximum atomic E-state index is 12.5. The van der Waals surface area contributed by atoms with Crippen molar-refractivity contribution in [3.8, 4) is 5.75 Å². The van der Waals surface area contributed by atoms with E-state index in [4.69, 9.17) is 4.74 Å². The first-order chi connectivity index (χ1) is 12.0. The van der Waals surface area contributed by atoms with Crippen LogP contribution in [0.4, 0.5) is 5.69 Å². The molecule has 1 aliphatic rings. The number of thioether (sulfide) groups is 1. The van der Waals surface area contributed by atoms with E-state index >= 15 is 0 Å². The van der Waals surface area contributed by atoms with Crippen LogP contribution in [-0.4, -0.2) is 42.7 Å². The summed E-state index contributed by atoms with van der Waals surface area (Å²) in [7, 11) is 1.74. The van der Waals surface area contributed by atoms with Gasteiger partial charge in [-0.3, -0.25) is 9.59 Å². The number of carbonyl (C=O) groups excluding carboxylic acids is 2. The second-order valence-corrected chi connectivity index (χ2v) is 6.95. The third kappa shape index (κ3) is 4.33. The standard InChI is InChI=1S/C19H20N2O3S/c1-13-3-6-15(7-4-13)24-10-9-21(2)19(23)14-5-8-17-16(11-14)20-18(22)12-25-17/h3-8,11H,9-10,12H2,1-2H3,(H,20,22). The molecule has 2 aromatic carbocycles. The van der Waals surface area contributed by atoms with Gasteiger partial charge in [-0.15, -0.1) is 11.8 Å². The molecule has 0 saturated carbocycles. The Balaban J connectivity index is 1.57. The molecular formula is C19H20N2O3S. The molecule has 6 heteroatoms. The highest BCUT2D eigenvalue weighted by atomic mass is 32.2. The van der Waals surface area contributed by atoms with Gasteiger partial charge < -0.3 is 15.0 Å². The largest absolute Gasteiger partial charge is 0.492 e. The van der Waals surface area contributed by atoms with Crippen LogP contribution in [0.1, 0.15) is 15.9 Å². The van der Waals surface area contributed by atoms with Gasteiger partial charge in [0.05, 0.1) is 18.0 Å². The Labute approximate surface area is 151 Å². The molecule has 1 heterocycles. The number of fused-ring (bicyclic) bond motifs is 1. The van der Waals surface area contributed by atoms with Crippen LogP contribution in [0.15, 0.2) is 47.4 Å². The van der Waals surface area contributed by atoms with Crippen molar-refractivity contribution in [3.05, 3.63) is 53.6 Å². The molecular weight excluding hydrogens is 336 g/mol. The fourth-order valence-electron chi connectivity index (χ4n) is 2.47. The predicted octanol–water partition coefficient (Wildman–Crippen LogP) is 3.19. The van der Waals surface area contributed by atoms with Crippen molar-refractivity contribution in [1.82, 2.24) is 4.90 Å². The molecule has 1 aliphatic heterocycles. The van der Waals surface area contributed by atoms with E-state index in [2.05, 4.69) is 5.32 Å². The van der Waals surface area contributed by atoms with Crippen LogP contribution in [0.25, 0.3) is 0 Å². The van der Waals surface area contributed by atoms with Gasteiger partial charge >= 0.3 is 0 Å². The zero-order valence-corrected chi connectivity index (χ0v) is 15.1. The number of benzene rings is 2. The molecule has 25 heavy (non-hydrogen) atoms. The lowest BCUT2D eigenvalue weighted by Crippen LogP contribution is -2.31. The van der Waals surface area contributed by atoms with E-state index in [1.165, 1.54) is 17.3 Å². The van der Waals surface area contributed by atoms with Crippen molar-refractivity contribution >= 4 is 29.3 Å². The van der Waals surface area contributed by atoms with Crippen molar-refractivity contribution in [1.29, 1.82) is 0 Å². The third-order valence-electron chi connectivity index (χ3n) is 3.92. The minimum Gasteiger partial charge on any atom is -0.492 e. The molecule has 3 rings (SSSR count). The lowest BCUT2D eigenvalue weighted by Gasteiger charge is -2.20. The van der Waals surface area contributed by atoms with Crippen LogP contribution in [0, 0.1) is 6.92 Å². The Bertz CT molecular complexity index is 790. The lowest BCUT2D eigenvalue weighted by molar-refractivity contribution is -0.113. The van der Waals surface area contributed by atoms with Crippen molar-refractivity contribution in [2.75, 3.05) is 31.3 Å². The fraction of sp³-hybridized carbons (Fsp3) is 0.263. The molecule has 0 saturated heterocycles. The number of amides is 2. The number of nitrogens with one attached hydrogen (secondary N) is 1. The average Bonchev–Trinajstić information content (AvgIpc) is 2.62. The molecule has 0 fully saturated rings. The number of anilines is 1. The molecule has 2 amide bonds. The molecule has 0 atom stereocenters. The van der Waals surface area contributed by atoms with Gasteiger partial charge in [0.15, 0.2) is 0 Å². The first-order valence-corrected chi connectivity index (χ1v) is 9.03. The topological polar surface area (TPSA) is 58.6 Å². The molecule has 1 N–H and O–H groups in total. The Hall–Kier alpha value is -2.47. The summed E-state index contributed by atoms with van der Waals surface area (Å²) in [5.41, 5.74) is 2.44. The summed E-state index contributed by atoms with van der Waals surface area (Å²) in [6.45, 7) is 2.92. The van der Waals surface area contributed by atoms with E-state index in [1.54, 1.807) is 24.1 Å². The number of ether oxygens (including phenoxy) is 1. The van der Waals surface area contributed by atoms with Crippen molar-refractivity contribution in [2.24, 2.45) is 0 Å². The van der Waals surface area contributed by atoms with Crippen LogP contribution < -0.4 is 10.1 Å². The number of hydrogen-bond acceptors (Lipinski definition) is 4. The molecule has 5 nitrogen and oxygen atoms in total. The molecule has 2 aromatic rings. The van der Waals surface area contributed by atoms with E-state index in [-0.39, 0.29) is 11.8 Å². The molecule has 0 spiro atoms. The van der Waals surface area contributed by atoms with Gasteiger partial charge in [-0.1, -0.05) is 17.7 Å². The summed E-state index contributed by atoms with van der Waals surface area (Å²) >= 11 is 1.48. The number of rotatable bonds is 5. The third-order valence-corrected chi connectivity index (χ3v) is 5.00. The summed E-state index contributed by atoms with van der Waals surface area (Å²) in [6, 6.07) is 13.2. The van der Waals surface area contributed by atoms with Gasteiger partial charge in [0.25, 0.3) is 5.91 Å². The monoisotopic (exact) mass is 356 g/mol. The summed E-state index contributed by atoms with van der Waals surface area (Å²) in [6.07, 6.45) is 0. The zero-order chi connectivity index (χ0) is 17.8. The van der Waals surface area contributed by atoms with E-state index in [1.807, 2.05) is 37.3 Å². The normalized spacial score (nSPS) is 13.0. The maximum Gasteiger partial charge on any atom is 0.253 e. The van der Waals surface area contributed by atoms with Crippen molar-refractivity contribution in [2.45, 2.75) is 11.8 Å². The van der Waals surface area contributed by atoms with Crippen molar-refractivity contribution in [3.63, 3.8) is 0 Å². The van der Waals surface area contributed by atoms with Crippen LogP contribution in [0.3, 0.4) is 0 Å². The maximum absolute atomic E-state index is 12.5. The summed E-state index contributed by atoms with van der Waals surface area (Å²) in [5.74, 6) is 1.07. The number of likely N-dealkylation sites (N-methyl/N-ethyl adjacent to an activating group) is 1. The van der Waals surface area contributed by atoms with E-state index < -0.39 is 0 Å². The Morgan fingerprint density at radius 1 is 1.24 bits per heavy atom. The number of aryl methyl sites for hydroxylation is 1. The van der Waals surface area contributed by atoms with E-state index in [0.29, 0.717) is 30.2 Å². The average molecular weight is 356 g/mol. The number of hydrogen-bond donors (Lipinski definition) is 1. The van der Waals surface area contributed by atoms with Crippen LogP contribution in [0.5, 0.6) is 5.75 Å². The van der Waals surface area contributed by atoms with Crippen LogP contribution in [-0.2, 0) is 4.79 Å². The fourth-order valence-corrected chi connectivity index (χ4v) is 3.26. The Kier molecular flexibility index (Phi) is 5.28.